The molecule has 1 aliphatic rings. The van der Waals surface area contributed by atoms with Crippen LogP contribution in [0.1, 0.15) is 23.7 Å². The number of nitrogens with zero attached hydrogens (tertiary/aromatic N) is 1. The van der Waals surface area contributed by atoms with Gasteiger partial charge in [0.25, 0.3) is 5.91 Å². The fourth-order valence-electron chi connectivity index (χ4n) is 2.09. The number of nitrogen functional groups attached to an aromatic ring is 1. The normalized spacial score (nSPS) is 19.5. The van der Waals surface area contributed by atoms with Gasteiger partial charge in [0.2, 0.25) is 0 Å². The van der Waals surface area contributed by atoms with Gasteiger partial charge in [-0.2, -0.15) is 0 Å². The molecule has 1 amide bonds. The number of hydrogen-bond donors (Lipinski definition) is 1. The standard InChI is InChI=1S/C13H16Cl2N2O2/c1-2-9-7-17(3-4-19-9)13(18)10-5-8(16)6-11(14)12(10)15/h5-6,9H,2-4,7,16H2,1H3. The molecule has 0 radical (unpaired) electrons. The molecule has 1 heterocycles. The van der Waals surface area contributed by atoms with Gasteiger partial charge >= 0.3 is 0 Å². The molecule has 6 heteroatoms. The van der Waals surface area contributed by atoms with E-state index in [9.17, 15) is 4.79 Å². The average Bonchev–Trinajstić information content (AvgIpc) is 2.42. The number of rotatable bonds is 2. The van der Waals surface area contributed by atoms with Gasteiger partial charge in [0.1, 0.15) is 0 Å². The van der Waals surface area contributed by atoms with Crippen molar-refractivity contribution in [3.05, 3.63) is 27.7 Å². The lowest BCUT2D eigenvalue weighted by Gasteiger charge is -2.32. The van der Waals surface area contributed by atoms with Gasteiger partial charge in [-0.25, -0.2) is 0 Å². The van der Waals surface area contributed by atoms with Crippen LogP contribution in [0.4, 0.5) is 5.69 Å². The number of nitrogens with two attached hydrogens (primary N) is 1. The van der Waals surface area contributed by atoms with Gasteiger partial charge in [-0.1, -0.05) is 30.1 Å². The van der Waals surface area contributed by atoms with Crippen molar-refractivity contribution >= 4 is 34.8 Å². The second-order valence-electron chi connectivity index (χ2n) is 4.52. The molecule has 1 aromatic carbocycles. The van der Waals surface area contributed by atoms with E-state index in [1.807, 2.05) is 6.92 Å². The van der Waals surface area contributed by atoms with Crippen molar-refractivity contribution < 1.29 is 9.53 Å². The summed E-state index contributed by atoms with van der Waals surface area (Å²) >= 11 is 12.0. The Labute approximate surface area is 122 Å². The fraction of sp³-hybridized carbons (Fsp3) is 0.462. The van der Waals surface area contributed by atoms with Crippen LogP contribution in [-0.2, 0) is 4.74 Å². The van der Waals surface area contributed by atoms with Crippen LogP contribution in [0.15, 0.2) is 12.1 Å². The third-order valence-corrected chi connectivity index (χ3v) is 3.96. The maximum Gasteiger partial charge on any atom is 0.255 e. The Morgan fingerprint density at radius 2 is 2.26 bits per heavy atom. The molecule has 0 spiro atoms. The number of carbonyl (C=O) groups is 1. The predicted octanol–water partition coefficient (Wildman–Crippen LogP) is 2.83. The summed E-state index contributed by atoms with van der Waals surface area (Å²) in [4.78, 5) is 14.2. The number of morpholine rings is 1. The van der Waals surface area contributed by atoms with Gasteiger partial charge in [-0.3, -0.25) is 4.79 Å². The van der Waals surface area contributed by atoms with Gasteiger partial charge in [0.05, 0.1) is 28.3 Å². The van der Waals surface area contributed by atoms with E-state index in [1.54, 1.807) is 11.0 Å². The van der Waals surface area contributed by atoms with Gasteiger partial charge in [0.15, 0.2) is 0 Å². The van der Waals surface area contributed by atoms with Crippen molar-refractivity contribution in [1.29, 1.82) is 0 Å². The van der Waals surface area contributed by atoms with Crippen molar-refractivity contribution in [1.82, 2.24) is 4.90 Å². The molecule has 2 N–H and O–H groups in total. The summed E-state index contributed by atoms with van der Waals surface area (Å²) in [5, 5.41) is 0.547. The molecular weight excluding hydrogens is 287 g/mol. The quantitative estimate of drug-likeness (QED) is 0.855. The molecule has 1 unspecified atom stereocenters. The Morgan fingerprint density at radius 3 is 2.95 bits per heavy atom. The molecule has 0 aromatic heterocycles. The number of halogens is 2. The van der Waals surface area contributed by atoms with Crippen molar-refractivity contribution in [2.45, 2.75) is 19.4 Å². The zero-order chi connectivity index (χ0) is 14.0. The lowest BCUT2D eigenvalue weighted by Crippen LogP contribution is -2.45. The number of amides is 1. The monoisotopic (exact) mass is 302 g/mol. The Kier molecular flexibility index (Phi) is 4.55. The Balaban J connectivity index is 2.24. The number of anilines is 1. The van der Waals surface area contributed by atoms with E-state index < -0.39 is 0 Å². The minimum Gasteiger partial charge on any atom is -0.399 e. The lowest BCUT2D eigenvalue weighted by molar-refractivity contribution is -0.0226. The average molecular weight is 303 g/mol. The maximum absolute atomic E-state index is 12.5. The summed E-state index contributed by atoms with van der Waals surface area (Å²) < 4.78 is 5.54. The molecule has 0 saturated carbocycles. The van der Waals surface area contributed by atoms with Gasteiger partial charge < -0.3 is 15.4 Å². The van der Waals surface area contributed by atoms with E-state index >= 15 is 0 Å². The zero-order valence-corrected chi connectivity index (χ0v) is 12.2. The summed E-state index contributed by atoms with van der Waals surface area (Å²) in [5.74, 6) is -0.152. The second kappa shape index (κ2) is 5.99. The van der Waals surface area contributed by atoms with E-state index in [4.69, 9.17) is 33.7 Å². The topological polar surface area (TPSA) is 55.6 Å². The maximum atomic E-state index is 12.5. The molecule has 4 nitrogen and oxygen atoms in total. The number of carbonyl (C=O) groups excluding carboxylic acids is 1. The molecule has 1 aromatic rings. The van der Waals surface area contributed by atoms with Gasteiger partial charge in [0, 0.05) is 18.8 Å². The predicted molar refractivity (Wildman–Crippen MR) is 76.8 cm³/mol. The highest BCUT2D eigenvalue weighted by atomic mass is 35.5. The smallest absolute Gasteiger partial charge is 0.255 e. The van der Waals surface area contributed by atoms with Crippen LogP contribution in [-0.4, -0.2) is 36.6 Å². The first kappa shape index (κ1) is 14.4. The van der Waals surface area contributed by atoms with Crippen LogP contribution in [0.5, 0.6) is 0 Å². The molecular formula is C13H16Cl2N2O2. The Morgan fingerprint density at radius 1 is 1.53 bits per heavy atom. The molecule has 19 heavy (non-hydrogen) atoms. The van der Waals surface area contributed by atoms with E-state index in [-0.39, 0.29) is 17.0 Å². The fourth-order valence-corrected chi connectivity index (χ4v) is 2.50. The van der Waals surface area contributed by atoms with Crippen LogP contribution < -0.4 is 5.73 Å². The van der Waals surface area contributed by atoms with Crippen LogP contribution in [0.25, 0.3) is 0 Å². The number of ether oxygens (including phenoxy) is 1. The number of hydrogen-bond acceptors (Lipinski definition) is 3. The lowest BCUT2D eigenvalue weighted by atomic mass is 10.1. The molecule has 2 rings (SSSR count). The Bertz CT molecular complexity index is 494. The summed E-state index contributed by atoms with van der Waals surface area (Å²) in [5.41, 5.74) is 6.49. The highest BCUT2D eigenvalue weighted by molar-refractivity contribution is 6.44. The molecule has 1 atom stereocenters. The third-order valence-electron chi connectivity index (χ3n) is 3.16. The van der Waals surface area contributed by atoms with Crippen molar-refractivity contribution in [3.63, 3.8) is 0 Å². The number of benzene rings is 1. The minimum atomic E-state index is -0.152. The molecule has 0 bridgehead atoms. The van der Waals surface area contributed by atoms with E-state index in [0.29, 0.717) is 36.0 Å². The molecule has 104 valence electrons. The van der Waals surface area contributed by atoms with Crippen molar-refractivity contribution in [2.24, 2.45) is 0 Å². The van der Waals surface area contributed by atoms with Crippen LogP contribution >= 0.6 is 23.2 Å². The molecule has 1 aliphatic heterocycles. The first-order valence-corrected chi connectivity index (χ1v) is 6.94. The van der Waals surface area contributed by atoms with Crippen molar-refractivity contribution in [3.8, 4) is 0 Å². The van der Waals surface area contributed by atoms with Crippen LogP contribution in [0, 0.1) is 0 Å². The van der Waals surface area contributed by atoms with Crippen molar-refractivity contribution in [2.75, 3.05) is 25.4 Å². The van der Waals surface area contributed by atoms with Crippen LogP contribution in [0.3, 0.4) is 0 Å². The third kappa shape index (κ3) is 3.14. The first-order chi connectivity index (χ1) is 9.02. The SMILES string of the molecule is CCC1CN(C(=O)c2cc(N)cc(Cl)c2Cl)CCO1. The van der Waals surface area contributed by atoms with E-state index in [2.05, 4.69) is 0 Å². The summed E-state index contributed by atoms with van der Waals surface area (Å²) in [7, 11) is 0. The van der Waals surface area contributed by atoms with Gasteiger partial charge in [-0.15, -0.1) is 0 Å². The summed E-state index contributed by atoms with van der Waals surface area (Å²) in [6, 6.07) is 3.10. The highest BCUT2D eigenvalue weighted by Crippen LogP contribution is 2.30. The summed E-state index contributed by atoms with van der Waals surface area (Å²) in [6.07, 6.45) is 0.947. The van der Waals surface area contributed by atoms with Crippen LogP contribution in [0.2, 0.25) is 10.0 Å². The minimum absolute atomic E-state index is 0.0769. The summed E-state index contributed by atoms with van der Waals surface area (Å²) in [6.45, 7) is 3.69. The highest BCUT2D eigenvalue weighted by Gasteiger charge is 2.26. The first-order valence-electron chi connectivity index (χ1n) is 6.18. The van der Waals surface area contributed by atoms with E-state index in [1.165, 1.54) is 6.07 Å². The largest absolute Gasteiger partial charge is 0.399 e. The molecule has 1 saturated heterocycles. The zero-order valence-electron chi connectivity index (χ0n) is 10.7. The molecule has 1 fully saturated rings. The molecule has 0 aliphatic carbocycles. The van der Waals surface area contributed by atoms with Gasteiger partial charge in [-0.05, 0) is 18.6 Å². The Hall–Kier alpha value is -0.970. The second-order valence-corrected chi connectivity index (χ2v) is 5.30. The van der Waals surface area contributed by atoms with E-state index in [0.717, 1.165) is 6.42 Å².